The summed E-state index contributed by atoms with van der Waals surface area (Å²) >= 11 is 0. The van der Waals surface area contributed by atoms with Crippen LogP contribution in [-0.4, -0.2) is 32.1 Å². The third kappa shape index (κ3) is 2.38. The number of nitrogens with one attached hydrogen (secondary N) is 1. The third-order valence-electron chi connectivity index (χ3n) is 3.91. The van der Waals surface area contributed by atoms with Crippen LogP contribution in [0.1, 0.15) is 12.8 Å². The number of hydrogen-bond acceptors (Lipinski definition) is 4. The number of carbonyl (C=O) groups excluding carboxylic acids is 1. The van der Waals surface area contributed by atoms with Crippen LogP contribution in [0, 0.1) is 5.92 Å². The van der Waals surface area contributed by atoms with Gasteiger partial charge >= 0.3 is 0 Å². The molecule has 0 atom stereocenters. The van der Waals surface area contributed by atoms with E-state index in [0.717, 1.165) is 36.5 Å². The van der Waals surface area contributed by atoms with Crippen molar-refractivity contribution in [2.24, 2.45) is 11.7 Å². The quantitative estimate of drug-likeness (QED) is 0.857. The molecular formula is C14H19N3O2. The van der Waals surface area contributed by atoms with Crippen molar-refractivity contribution in [2.45, 2.75) is 18.9 Å². The van der Waals surface area contributed by atoms with Gasteiger partial charge in [-0.15, -0.1) is 0 Å². The minimum absolute atomic E-state index is 0.0189. The number of carbonyl (C=O) groups is 1. The molecule has 1 aliphatic carbocycles. The van der Waals surface area contributed by atoms with E-state index < -0.39 is 0 Å². The van der Waals surface area contributed by atoms with Crippen molar-refractivity contribution in [1.82, 2.24) is 0 Å². The maximum atomic E-state index is 11.6. The number of benzene rings is 1. The number of hydrogen-bond donors (Lipinski definition) is 2. The van der Waals surface area contributed by atoms with Crippen molar-refractivity contribution in [1.29, 1.82) is 0 Å². The van der Waals surface area contributed by atoms with Crippen LogP contribution in [0.3, 0.4) is 0 Å². The molecular weight excluding hydrogens is 242 g/mol. The lowest BCUT2D eigenvalue weighted by Gasteiger charge is -2.33. The van der Waals surface area contributed by atoms with E-state index in [-0.39, 0.29) is 12.5 Å². The Hall–Kier alpha value is -1.75. The molecule has 1 aromatic carbocycles. The lowest BCUT2D eigenvalue weighted by Crippen LogP contribution is -2.39. The molecule has 3 N–H and O–H groups in total. The number of anilines is 2. The van der Waals surface area contributed by atoms with E-state index in [0.29, 0.717) is 12.0 Å². The van der Waals surface area contributed by atoms with E-state index in [4.69, 9.17) is 10.5 Å². The SMILES string of the molecule is CN1C(=O)COc2ccc(NCC3CC(N)C3)cc21. The molecule has 5 nitrogen and oxygen atoms in total. The first-order valence-corrected chi connectivity index (χ1v) is 6.66. The molecule has 102 valence electrons. The molecule has 1 aliphatic heterocycles. The van der Waals surface area contributed by atoms with Crippen LogP contribution >= 0.6 is 0 Å². The molecule has 2 aliphatic rings. The number of amides is 1. The van der Waals surface area contributed by atoms with Crippen molar-refractivity contribution in [3.05, 3.63) is 18.2 Å². The lowest BCUT2D eigenvalue weighted by molar-refractivity contribution is -0.120. The Labute approximate surface area is 112 Å². The predicted octanol–water partition coefficient (Wildman–Crippen LogP) is 1.19. The highest BCUT2D eigenvalue weighted by Gasteiger charge is 2.26. The molecule has 0 bridgehead atoms. The summed E-state index contributed by atoms with van der Waals surface area (Å²) in [5.74, 6) is 1.41. The summed E-state index contributed by atoms with van der Waals surface area (Å²) in [5, 5.41) is 3.40. The first kappa shape index (κ1) is 12.3. The van der Waals surface area contributed by atoms with Gasteiger partial charge in [-0.05, 0) is 37.0 Å². The van der Waals surface area contributed by atoms with Gasteiger partial charge in [0, 0.05) is 25.3 Å². The van der Waals surface area contributed by atoms with Gasteiger partial charge in [0.2, 0.25) is 0 Å². The fourth-order valence-electron chi connectivity index (χ4n) is 2.60. The molecule has 3 rings (SSSR count). The minimum atomic E-state index is -0.0189. The van der Waals surface area contributed by atoms with Gasteiger partial charge in [0.1, 0.15) is 5.75 Å². The molecule has 0 aromatic heterocycles. The van der Waals surface area contributed by atoms with Crippen LogP contribution in [-0.2, 0) is 4.79 Å². The van der Waals surface area contributed by atoms with E-state index in [9.17, 15) is 4.79 Å². The standard InChI is InChI=1S/C14H19N3O2/c1-17-12-6-11(16-7-9-4-10(15)5-9)2-3-13(12)19-8-14(17)18/h2-3,6,9-10,16H,4-5,7-8,15H2,1H3. The van der Waals surface area contributed by atoms with E-state index in [1.54, 1.807) is 11.9 Å². The second kappa shape index (κ2) is 4.74. The Bertz CT molecular complexity index is 497. The highest BCUT2D eigenvalue weighted by atomic mass is 16.5. The normalized spacial score (nSPS) is 25.4. The Morgan fingerprint density at radius 1 is 1.47 bits per heavy atom. The average Bonchev–Trinajstić information content (AvgIpc) is 2.38. The van der Waals surface area contributed by atoms with Crippen molar-refractivity contribution in [3.8, 4) is 5.75 Å². The van der Waals surface area contributed by atoms with Crippen molar-refractivity contribution < 1.29 is 9.53 Å². The average molecular weight is 261 g/mol. The molecule has 5 heteroatoms. The summed E-state index contributed by atoms with van der Waals surface area (Å²) in [4.78, 5) is 13.2. The van der Waals surface area contributed by atoms with Crippen molar-refractivity contribution >= 4 is 17.3 Å². The second-order valence-electron chi connectivity index (χ2n) is 5.40. The van der Waals surface area contributed by atoms with Gasteiger partial charge in [-0.1, -0.05) is 0 Å². The van der Waals surface area contributed by atoms with E-state index >= 15 is 0 Å². The van der Waals surface area contributed by atoms with Gasteiger partial charge < -0.3 is 20.7 Å². The summed E-state index contributed by atoms with van der Waals surface area (Å²) in [6.45, 7) is 1.06. The molecule has 0 spiro atoms. The van der Waals surface area contributed by atoms with Crippen LogP contribution < -0.4 is 20.7 Å². The zero-order valence-electron chi connectivity index (χ0n) is 11.1. The second-order valence-corrected chi connectivity index (χ2v) is 5.40. The van der Waals surface area contributed by atoms with Crippen molar-refractivity contribution in [2.75, 3.05) is 30.4 Å². The van der Waals surface area contributed by atoms with Gasteiger partial charge in [0.15, 0.2) is 6.61 Å². The molecule has 1 saturated carbocycles. The van der Waals surface area contributed by atoms with Gasteiger partial charge in [-0.25, -0.2) is 0 Å². The summed E-state index contributed by atoms with van der Waals surface area (Å²) in [6.07, 6.45) is 2.19. The van der Waals surface area contributed by atoms with Gasteiger partial charge in [-0.2, -0.15) is 0 Å². The molecule has 0 unspecified atom stereocenters. The predicted molar refractivity (Wildman–Crippen MR) is 74.5 cm³/mol. The Morgan fingerprint density at radius 3 is 3.00 bits per heavy atom. The summed E-state index contributed by atoms with van der Waals surface area (Å²) in [5.41, 5.74) is 7.62. The number of rotatable bonds is 3. The molecule has 0 saturated heterocycles. The number of fused-ring (bicyclic) bond motifs is 1. The Morgan fingerprint density at radius 2 is 2.26 bits per heavy atom. The molecule has 1 heterocycles. The highest BCUT2D eigenvalue weighted by Crippen LogP contribution is 2.34. The monoisotopic (exact) mass is 261 g/mol. The van der Waals surface area contributed by atoms with Gasteiger partial charge in [-0.3, -0.25) is 4.79 Å². The van der Waals surface area contributed by atoms with Crippen LogP contribution in [0.4, 0.5) is 11.4 Å². The smallest absolute Gasteiger partial charge is 0.264 e. The molecule has 0 radical (unpaired) electrons. The van der Waals surface area contributed by atoms with E-state index in [2.05, 4.69) is 5.32 Å². The fraction of sp³-hybridized carbons (Fsp3) is 0.500. The maximum absolute atomic E-state index is 11.6. The first-order chi connectivity index (χ1) is 9.13. The molecule has 1 aromatic rings. The summed E-state index contributed by atoms with van der Waals surface area (Å²) in [7, 11) is 1.78. The number of likely N-dealkylation sites (N-methyl/N-ethyl adjacent to an activating group) is 1. The van der Waals surface area contributed by atoms with Crippen LogP contribution in [0.15, 0.2) is 18.2 Å². The topological polar surface area (TPSA) is 67.6 Å². The van der Waals surface area contributed by atoms with Gasteiger partial charge in [0.05, 0.1) is 5.69 Å². The Kier molecular flexibility index (Phi) is 3.06. The summed E-state index contributed by atoms with van der Waals surface area (Å²) < 4.78 is 5.40. The fourth-order valence-corrected chi connectivity index (χ4v) is 2.60. The number of nitrogens with two attached hydrogens (primary N) is 1. The van der Waals surface area contributed by atoms with Crippen LogP contribution in [0.25, 0.3) is 0 Å². The van der Waals surface area contributed by atoms with E-state index in [1.807, 2.05) is 18.2 Å². The first-order valence-electron chi connectivity index (χ1n) is 6.66. The lowest BCUT2D eigenvalue weighted by atomic mass is 9.81. The maximum Gasteiger partial charge on any atom is 0.264 e. The molecule has 1 amide bonds. The minimum Gasteiger partial charge on any atom is -0.482 e. The summed E-state index contributed by atoms with van der Waals surface area (Å²) in [6, 6.07) is 6.24. The zero-order chi connectivity index (χ0) is 13.4. The zero-order valence-corrected chi connectivity index (χ0v) is 11.1. The van der Waals surface area contributed by atoms with Crippen LogP contribution in [0.2, 0.25) is 0 Å². The van der Waals surface area contributed by atoms with Crippen LogP contribution in [0.5, 0.6) is 5.75 Å². The largest absolute Gasteiger partial charge is 0.482 e. The van der Waals surface area contributed by atoms with Crippen molar-refractivity contribution in [3.63, 3.8) is 0 Å². The third-order valence-corrected chi connectivity index (χ3v) is 3.91. The number of ether oxygens (including phenoxy) is 1. The molecule has 19 heavy (non-hydrogen) atoms. The highest BCUT2D eigenvalue weighted by molar-refractivity contribution is 5.97. The number of nitrogens with zero attached hydrogens (tertiary/aromatic N) is 1. The Balaban J connectivity index is 1.68. The van der Waals surface area contributed by atoms with Gasteiger partial charge in [0.25, 0.3) is 5.91 Å². The van der Waals surface area contributed by atoms with E-state index in [1.165, 1.54) is 0 Å². The molecule has 1 fully saturated rings.